The molecule has 0 spiro atoms. The highest BCUT2D eigenvalue weighted by Crippen LogP contribution is 2.29. The van der Waals surface area contributed by atoms with Crippen LogP contribution in [0.15, 0.2) is 108 Å². The van der Waals surface area contributed by atoms with E-state index in [1.807, 2.05) is 37.3 Å². The van der Waals surface area contributed by atoms with Gasteiger partial charge in [-0.3, -0.25) is 13.9 Å². The zero-order chi connectivity index (χ0) is 31.7. The highest BCUT2D eigenvalue weighted by atomic mass is 35.5. The summed E-state index contributed by atoms with van der Waals surface area (Å²) < 4.78 is 29.3. The molecule has 0 radical (unpaired) electrons. The van der Waals surface area contributed by atoms with Gasteiger partial charge in [-0.25, -0.2) is 8.42 Å². The summed E-state index contributed by atoms with van der Waals surface area (Å²) in [6, 6.07) is 28.3. The van der Waals surface area contributed by atoms with Crippen LogP contribution in [0.25, 0.3) is 0 Å². The SMILES string of the molecule is CCCNC(=O)[C@@H](Cc1ccccc1)N(Cc1ccccc1Cl)C(=O)CN(c1ccccc1C)S(=O)(=O)c1ccc(Cl)cc1. The summed E-state index contributed by atoms with van der Waals surface area (Å²) in [5.74, 6) is -0.891. The Morgan fingerprint density at radius 3 is 2.14 bits per heavy atom. The molecule has 4 aromatic rings. The number of hydrogen-bond acceptors (Lipinski definition) is 4. The van der Waals surface area contributed by atoms with E-state index in [0.717, 1.165) is 9.87 Å². The van der Waals surface area contributed by atoms with Crippen LogP contribution in [0.4, 0.5) is 5.69 Å². The molecule has 0 bridgehead atoms. The molecule has 0 heterocycles. The lowest BCUT2D eigenvalue weighted by molar-refractivity contribution is -0.140. The summed E-state index contributed by atoms with van der Waals surface area (Å²) in [4.78, 5) is 29.6. The molecule has 0 saturated carbocycles. The number of carbonyl (C=O) groups excluding carboxylic acids is 2. The number of amides is 2. The van der Waals surface area contributed by atoms with Gasteiger partial charge in [0, 0.05) is 29.6 Å². The first-order valence-corrected chi connectivity index (χ1v) is 16.5. The lowest BCUT2D eigenvalue weighted by atomic mass is 10.0. The fraction of sp³-hybridized carbons (Fsp3) is 0.235. The average molecular weight is 653 g/mol. The number of anilines is 1. The molecule has 0 saturated heterocycles. The van der Waals surface area contributed by atoms with E-state index >= 15 is 0 Å². The second kappa shape index (κ2) is 15.2. The van der Waals surface area contributed by atoms with Crippen molar-refractivity contribution in [3.8, 4) is 0 Å². The van der Waals surface area contributed by atoms with Crippen LogP contribution >= 0.6 is 23.2 Å². The topological polar surface area (TPSA) is 86.8 Å². The van der Waals surface area contributed by atoms with Crippen molar-refractivity contribution >= 4 is 50.7 Å². The maximum Gasteiger partial charge on any atom is 0.264 e. The quantitative estimate of drug-likeness (QED) is 0.175. The molecule has 0 aromatic heterocycles. The van der Waals surface area contributed by atoms with E-state index in [9.17, 15) is 18.0 Å². The smallest absolute Gasteiger partial charge is 0.264 e. The molecule has 4 rings (SSSR count). The highest BCUT2D eigenvalue weighted by molar-refractivity contribution is 7.92. The van der Waals surface area contributed by atoms with Gasteiger partial charge < -0.3 is 10.2 Å². The van der Waals surface area contributed by atoms with Crippen molar-refractivity contribution in [3.05, 3.63) is 130 Å². The Kier molecular flexibility index (Phi) is 11.4. The summed E-state index contributed by atoms with van der Waals surface area (Å²) in [7, 11) is -4.22. The molecule has 0 fully saturated rings. The summed E-state index contributed by atoms with van der Waals surface area (Å²) in [5, 5.41) is 3.75. The van der Waals surface area contributed by atoms with E-state index in [0.29, 0.717) is 39.8 Å². The van der Waals surface area contributed by atoms with Gasteiger partial charge in [0.2, 0.25) is 11.8 Å². The van der Waals surface area contributed by atoms with E-state index in [1.54, 1.807) is 55.5 Å². The van der Waals surface area contributed by atoms with E-state index in [2.05, 4.69) is 5.32 Å². The standard InChI is InChI=1S/C34H35Cl2N3O4S/c1-3-21-37-34(41)32(22-26-12-5-4-6-13-26)38(23-27-14-8-9-15-30(27)36)33(40)24-39(31-16-10-7-11-25(31)2)44(42,43)29-19-17-28(35)18-20-29/h4-20,32H,3,21-24H2,1-2H3,(H,37,41)/t32-/m1/s1. The normalized spacial score (nSPS) is 11.9. The number of halogens is 2. The second-order valence-corrected chi connectivity index (χ2v) is 13.1. The minimum Gasteiger partial charge on any atom is -0.354 e. The van der Waals surface area contributed by atoms with Gasteiger partial charge in [0.15, 0.2) is 0 Å². The van der Waals surface area contributed by atoms with E-state index in [4.69, 9.17) is 23.2 Å². The lowest BCUT2D eigenvalue weighted by Gasteiger charge is -2.34. The third-order valence-corrected chi connectivity index (χ3v) is 9.58. The Bertz CT molecular complexity index is 1680. The monoisotopic (exact) mass is 651 g/mol. The van der Waals surface area contributed by atoms with Crippen molar-refractivity contribution in [1.82, 2.24) is 10.2 Å². The number of nitrogens with zero attached hydrogens (tertiary/aromatic N) is 2. The van der Waals surface area contributed by atoms with Crippen LogP contribution in [-0.4, -0.2) is 44.3 Å². The van der Waals surface area contributed by atoms with Gasteiger partial charge >= 0.3 is 0 Å². The van der Waals surface area contributed by atoms with Crippen LogP contribution in [-0.2, 0) is 32.6 Å². The fourth-order valence-electron chi connectivity index (χ4n) is 4.82. The molecule has 44 heavy (non-hydrogen) atoms. The van der Waals surface area contributed by atoms with Gasteiger partial charge in [0.25, 0.3) is 10.0 Å². The van der Waals surface area contributed by atoms with E-state index in [1.165, 1.54) is 29.2 Å². The van der Waals surface area contributed by atoms with Crippen molar-refractivity contribution in [2.45, 2.75) is 44.2 Å². The Morgan fingerprint density at radius 2 is 1.48 bits per heavy atom. The number of aryl methyl sites for hydroxylation is 1. The minimum atomic E-state index is -4.22. The fourth-order valence-corrected chi connectivity index (χ4v) is 6.62. The zero-order valence-electron chi connectivity index (χ0n) is 24.6. The Hall–Kier alpha value is -3.85. The van der Waals surface area contributed by atoms with Gasteiger partial charge in [0.05, 0.1) is 10.6 Å². The second-order valence-electron chi connectivity index (χ2n) is 10.4. The largest absolute Gasteiger partial charge is 0.354 e. The van der Waals surface area contributed by atoms with Crippen molar-refractivity contribution in [2.75, 3.05) is 17.4 Å². The van der Waals surface area contributed by atoms with Gasteiger partial charge in [0.1, 0.15) is 12.6 Å². The summed E-state index contributed by atoms with van der Waals surface area (Å²) >= 11 is 12.6. The van der Waals surface area contributed by atoms with Gasteiger partial charge in [-0.1, -0.05) is 96.9 Å². The number of nitrogens with one attached hydrogen (secondary N) is 1. The summed E-state index contributed by atoms with van der Waals surface area (Å²) in [6.07, 6.45) is 0.934. The average Bonchev–Trinajstić information content (AvgIpc) is 3.02. The first-order chi connectivity index (χ1) is 21.1. The molecule has 0 aliphatic heterocycles. The third kappa shape index (κ3) is 8.20. The molecule has 7 nitrogen and oxygen atoms in total. The summed E-state index contributed by atoms with van der Waals surface area (Å²) in [5.41, 5.74) is 2.50. The molecule has 1 atom stereocenters. The third-order valence-electron chi connectivity index (χ3n) is 7.18. The molecule has 1 N–H and O–H groups in total. The van der Waals surface area contributed by atoms with Crippen molar-refractivity contribution in [2.24, 2.45) is 0 Å². The Labute approximate surface area is 269 Å². The molecule has 10 heteroatoms. The lowest BCUT2D eigenvalue weighted by Crippen LogP contribution is -2.53. The highest BCUT2D eigenvalue weighted by Gasteiger charge is 2.35. The molecular formula is C34H35Cl2N3O4S. The number of benzene rings is 4. The molecule has 2 amide bonds. The van der Waals surface area contributed by atoms with Crippen LogP contribution < -0.4 is 9.62 Å². The number of sulfonamides is 1. The zero-order valence-corrected chi connectivity index (χ0v) is 26.9. The van der Waals surface area contributed by atoms with Crippen LogP contribution in [0.5, 0.6) is 0 Å². The molecule has 0 aliphatic rings. The number of para-hydroxylation sites is 1. The number of hydrogen-bond donors (Lipinski definition) is 1. The van der Waals surface area contributed by atoms with Gasteiger partial charge in [-0.15, -0.1) is 0 Å². The van der Waals surface area contributed by atoms with Gasteiger partial charge in [-0.05, 0) is 66.4 Å². The molecule has 0 aliphatic carbocycles. The molecule has 4 aromatic carbocycles. The van der Waals surface area contributed by atoms with Crippen molar-refractivity contribution in [1.29, 1.82) is 0 Å². The molecule has 230 valence electrons. The van der Waals surface area contributed by atoms with Crippen molar-refractivity contribution in [3.63, 3.8) is 0 Å². The van der Waals surface area contributed by atoms with Crippen molar-refractivity contribution < 1.29 is 18.0 Å². The van der Waals surface area contributed by atoms with Crippen LogP contribution in [0.2, 0.25) is 10.0 Å². The van der Waals surface area contributed by atoms with E-state index in [-0.39, 0.29) is 23.8 Å². The first kappa shape index (κ1) is 33.1. The van der Waals surface area contributed by atoms with Crippen LogP contribution in [0, 0.1) is 6.92 Å². The molecule has 0 unspecified atom stereocenters. The minimum absolute atomic E-state index is 0.00183. The van der Waals surface area contributed by atoms with Gasteiger partial charge in [-0.2, -0.15) is 0 Å². The maximum absolute atomic E-state index is 14.5. The Balaban J connectivity index is 1.81. The molecular weight excluding hydrogens is 617 g/mol. The van der Waals surface area contributed by atoms with Crippen LogP contribution in [0.3, 0.4) is 0 Å². The predicted octanol–water partition coefficient (Wildman–Crippen LogP) is 6.66. The van der Waals surface area contributed by atoms with Crippen LogP contribution in [0.1, 0.15) is 30.0 Å². The predicted molar refractivity (Wildman–Crippen MR) is 176 cm³/mol. The summed E-state index contributed by atoms with van der Waals surface area (Å²) in [6.45, 7) is 3.60. The maximum atomic E-state index is 14.5. The van der Waals surface area contributed by atoms with E-state index < -0.39 is 28.5 Å². The number of carbonyl (C=O) groups is 2. The first-order valence-electron chi connectivity index (χ1n) is 14.3. The number of rotatable bonds is 13. The Morgan fingerprint density at radius 1 is 0.841 bits per heavy atom.